The Bertz CT molecular complexity index is 1260. The minimum absolute atomic E-state index is 0.123. The van der Waals surface area contributed by atoms with Gasteiger partial charge < -0.3 is 14.8 Å². The van der Waals surface area contributed by atoms with Crippen LogP contribution in [-0.4, -0.2) is 72.7 Å². The number of nitrogens with zero attached hydrogens (tertiary/aromatic N) is 2. The van der Waals surface area contributed by atoms with Crippen molar-refractivity contribution < 1.29 is 31.1 Å². The Hall–Kier alpha value is -2.83. The van der Waals surface area contributed by atoms with Gasteiger partial charge in [-0.3, -0.25) is 9.10 Å². The minimum atomic E-state index is -3.76. The Balaban J connectivity index is 1.58. The number of nitrogens with one attached hydrogen (secondary N) is 1. The Kier molecular flexibility index (Phi) is 9.80. The summed E-state index contributed by atoms with van der Waals surface area (Å²) in [7, 11) is -5.80. The van der Waals surface area contributed by atoms with Crippen LogP contribution >= 0.6 is 0 Å². The highest BCUT2D eigenvalue weighted by molar-refractivity contribution is 7.92. The van der Waals surface area contributed by atoms with E-state index in [-0.39, 0.29) is 24.5 Å². The van der Waals surface area contributed by atoms with E-state index in [4.69, 9.17) is 9.47 Å². The zero-order chi connectivity index (χ0) is 27.1. The van der Waals surface area contributed by atoms with E-state index in [0.29, 0.717) is 30.3 Å². The lowest BCUT2D eigenvalue weighted by molar-refractivity contribution is -0.122. The molecule has 1 atom stereocenters. The second-order valence-electron chi connectivity index (χ2n) is 8.76. The molecule has 1 amide bonds. The zero-order valence-corrected chi connectivity index (χ0v) is 23.1. The van der Waals surface area contributed by atoms with E-state index < -0.39 is 32.0 Å². The number of rotatable bonds is 12. The van der Waals surface area contributed by atoms with Crippen LogP contribution in [0.3, 0.4) is 0 Å². The Morgan fingerprint density at radius 3 is 2.30 bits per heavy atom. The number of ether oxygens (including phenoxy) is 2. The molecular formula is C25H35N3O7S2. The van der Waals surface area contributed by atoms with Gasteiger partial charge in [0.2, 0.25) is 26.0 Å². The molecule has 12 heteroatoms. The van der Waals surface area contributed by atoms with Crippen LogP contribution in [0.4, 0.5) is 5.69 Å². The number of anilines is 1. The number of amides is 1. The highest BCUT2D eigenvalue weighted by Gasteiger charge is 2.31. The number of benzene rings is 2. The van der Waals surface area contributed by atoms with Gasteiger partial charge in [-0.15, -0.1) is 0 Å². The van der Waals surface area contributed by atoms with Crippen molar-refractivity contribution in [2.75, 3.05) is 43.9 Å². The van der Waals surface area contributed by atoms with Crippen molar-refractivity contribution in [3.8, 4) is 11.5 Å². The van der Waals surface area contributed by atoms with Gasteiger partial charge in [-0.2, -0.15) is 4.31 Å². The molecule has 1 fully saturated rings. The summed E-state index contributed by atoms with van der Waals surface area (Å²) in [6, 6.07) is 11.8. The van der Waals surface area contributed by atoms with Crippen molar-refractivity contribution in [3.05, 3.63) is 48.5 Å². The number of piperidine rings is 1. The third-order valence-corrected chi connectivity index (χ3v) is 9.18. The average molecular weight is 554 g/mol. The van der Waals surface area contributed by atoms with Crippen LogP contribution in [0.15, 0.2) is 53.4 Å². The van der Waals surface area contributed by atoms with Crippen LogP contribution in [0.5, 0.6) is 11.5 Å². The van der Waals surface area contributed by atoms with Gasteiger partial charge in [0.15, 0.2) is 0 Å². The molecule has 10 nitrogen and oxygen atoms in total. The molecule has 37 heavy (non-hydrogen) atoms. The molecule has 1 saturated heterocycles. The molecule has 2 aromatic carbocycles. The fourth-order valence-corrected chi connectivity index (χ4v) is 6.95. The smallest absolute Gasteiger partial charge is 0.244 e. The fourth-order valence-electron chi connectivity index (χ4n) is 4.23. The summed E-state index contributed by atoms with van der Waals surface area (Å²) in [6.45, 7) is 3.07. The first-order valence-electron chi connectivity index (χ1n) is 12.2. The fraction of sp³-hybridized carbons (Fsp3) is 0.480. The van der Waals surface area contributed by atoms with E-state index in [0.717, 1.165) is 29.8 Å². The molecule has 1 unspecified atom stereocenters. The molecule has 0 saturated carbocycles. The molecule has 1 aliphatic rings. The van der Waals surface area contributed by atoms with E-state index in [1.165, 1.54) is 23.5 Å². The first-order chi connectivity index (χ1) is 17.6. The van der Waals surface area contributed by atoms with E-state index in [1.54, 1.807) is 43.3 Å². The topological polar surface area (TPSA) is 122 Å². The van der Waals surface area contributed by atoms with E-state index in [1.807, 2.05) is 0 Å². The first-order valence-corrected chi connectivity index (χ1v) is 15.5. The molecule has 1 aliphatic heterocycles. The van der Waals surface area contributed by atoms with Crippen LogP contribution in [0.2, 0.25) is 0 Å². The van der Waals surface area contributed by atoms with Gasteiger partial charge in [0.25, 0.3) is 0 Å². The molecule has 0 radical (unpaired) electrons. The molecular weight excluding hydrogens is 518 g/mol. The molecule has 0 aromatic heterocycles. The zero-order valence-electron chi connectivity index (χ0n) is 21.4. The third kappa shape index (κ3) is 7.36. The van der Waals surface area contributed by atoms with E-state index in [2.05, 4.69) is 5.32 Å². The molecule has 1 heterocycles. The molecule has 204 valence electrons. The van der Waals surface area contributed by atoms with Gasteiger partial charge >= 0.3 is 0 Å². The highest BCUT2D eigenvalue weighted by Crippen LogP contribution is 2.26. The van der Waals surface area contributed by atoms with Gasteiger partial charge in [0.1, 0.15) is 24.1 Å². The second kappa shape index (κ2) is 12.6. The third-order valence-electron chi connectivity index (χ3n) is 6.08. The average Bonchev–Trinajstić information content (AvgIpc) is 2.89. The summed E-state index contributed by atoms with van der Waals surface area (Å²) < 4.78 is 64.2. The summed E-state index contributed by atoms with van der Waals surface area (Å²) in [5, 5.41) is 2.73. The second-order valence-corrected chi connectivity index (χ2v) is 12.6. The quantitative estimate of drug-likeness (QED) is 0.401. The summed E-state index contributed by atoms with van der Waals surface area (Å²) in [5.41, 5.74) is 0.333. The molecule has 3 rings (SSSR count). The molecule has 0 spiro atoms. The number of hydrogen-bond acceptors (Lipinski definition) is 7. The van der Waals surface area contributed by atoms with Crippen LogP contribution in [0, 0.1) is 0 Å². The summed E-state index contributed by atoms with van der Waals surface area (Å²) >= 11 is 0. The van der Waals surface area contributed by atoms with E-state index >= 15 is 0 Å². The number of carbonyl (C=O) groups is 1. The maximum atomic E-state index is 12.9. The lowest BCUT2D eigenvalue weighted by atomic mass is 10.2. The summed E-state index contributed by atoms with van der Waals surface area (Å²) in [6.07, 6.45) is 4.09. The predicted octanol–water partition coefficient (Wildman–Crippen LogP) is 2.61. The van der Waals surface area contributed by atoms with Crippen molar-refractivity contribution in [1.29, 1.82) is 0 Å². The Morgan fingerprint density at radius 1 is 1.03 bits per heavy atom. The Morgan fingerprint density at radius 2 is 1.70 bits per heavy atom. The minimum Gasteiger partial charge on any atom is -0.497 e. The van der Waals surface area contributed by atoms with Gasteiger partial charge in [-0.05, 0) is 55.7 Å². The number of sulfonamides is 2. The predicted molar refractivity (Wildman–Crippen MR) is 142 cm³/mol. The van der Waals surface area contributed by atoms with Gasteiger partial charge in [-0.1, -0.05) is 19.4 Å². The SMILES string of the molecule is CCC(C(=O)NCCOc1ccc(S(=O)(=O)N2CCCCC2)cc1)N(c1cccc(OC)c1)S(C)(=O)=O. The number of carbonyl (C=O) groups excluding carboxylic acids is 1. The summed E-state index contributed by atoms with van der Waals surface area (Å²) in [4.78, 5) is 13.2. The molecule has 2 aromatic rings. The molecule has 0 bridgehead atoms. The maximum absolute atomic E-state index is 12.9. The number of methoxy groups -OCH3 is 1. The van der Waals surface area contributed by atoms with Gasteiger partial charge in [0, 0.05) is 19.2 Å². The molecule has 1 N–H and O–H groups in total. The van der Waals surface area contributed by atoms with Crippen molar-refractivity contribution in [3.63, 3.8) is 0 Å². The van der Waals surface area contributed by atoms with Crippen molar-refractivity contribution >= 4 is 31.6 Å². The van der Waals surface area contributed by atoms with E-state index in [9.17, 15) is 21.6 Å². The molecule has 0 aliphatic carbocycles. The van der Waals surface area contributed by atoms with Crippen molar-refractivity contribution in [2.24, 2.45) is 0 Å². The van der Waals surface area contributed by atoms with Gasteiger partial charge in [-0.25, -0.2) is 16.8 Å². The lowest BCUT2D eigenvalue weighted by Crippen LogP contribution is -2.50. The largest absolute Gasteiger partial charge is 0.497 e. The van der Waals surface area contributed by atoms with Crippen LogP contribution in [-0.2, 0) is 24.8 Å². The number of hydrogen-bond donors (Lipinski definition) is 1. The summed E-state index contributed by atoms with van der Waals surface area (Å²) in [5.74, 6) is 0.486. The standard InChI is InChI=1S/C25H35N3O7S2/c1-4-24(28(36(3,30)31)20-9-8-10-22(19-20)34-2)25(29)26-15-18-35-21-11-13-23(14-12-21)37(32,33)27-16-6-5-7-17-27/h8-14,19,24H,4-7,15-18H2,1-3H3,(H,26,29). The van der Waals surface area contributed by atoms with Crippen LogP contribution < -0.4 is 19.1 Å². The van der Waals surface area contributed by atoms with Crippen LogP contribution in [0.1, 0.15) is 32.6 Å². The van der Waals surface area contributed by atoms with Crippen LogP contribution in [0.25, 0.3) is 0 Å². The first kappa shape index (κ1) is 28.7. The maximum Gasteiger partial charge on any atom is 0.244 e. The van der Waals surface area contributed by atoms with Crippen molar-refractivity contribution in [2.45, 2.75) is 43.5 Å². The van der Waals surface area contributed by atoms with Crippen molar-refractivity contribution in [1.82, 2.24) is 9.62 Å². The van der Waals surface area contributed by atoms with Gasteiger partial charge in [0.05, 0.1) is 30.5 Å². The normalized spacial score (nSPS) is 15.5. The highest BCUT2D eigenvalue weighted by atomic mass is 32.2. The monoisotopic (exact) mass is 553 g/mol. The lowest BCUT2D eigenvalue weighted by Gasteiger charge is -2.30. The Labute approximate surface area is 219 Å².